The van der Waals surface area contributed by atoms with E-state index in [9.17, 15) is 0 Å². The van der Waals surface area contributed by atoms with Crippen LogP contribution in [0.1, 0.15) is 58.1 Å². The summed E-state index contributed by atoms with van der Waals surface area (Å²) in [6.07, 6.45) is 7.09. The van der Waals surface area contributed by atoms with Gasteiger partial charge in [-0.1, -0.05) is 64.5 Å². The van der Waals surface area contributed by atoms with Gasteiger partial charge in [-0.05, 0) is 41.9 Å². The highest BCUT2D eigenvalue weighted by Crippen LogP contribution is 2.21. The van der Waals surface area contributed by atoms with Crippen molar-refractivity contribution in [3.05, 3.63) is 41.5 Å². The third-order valence-electron chi connectivity index (χ3n) is 2.94. The van der Waals surface area contributed by atoms with Crippen molar-refractivity contribution in [2.75, 3.05) is 0 Å². The second kappa shape index (κ2) is 7.32. The van der Waals surface area contributed by atoms with Crippen molar-refractivity contribution < 1.29 is 0 Å². The van der Waals surface area contributed by atoms with Crippen molar-refractivity contribution in [1.29, 1.82) is 0 Å². The molecule has 0 heterocycles. The van der Waals surface area contributed by atoms with E-state index >= 15 is 0 Å². The van der Waals surface area contributed by atoms with Crippen LogP contribution in [0.5, 0.6) is 0 Å². The van der Waals surface area contributed by atoms with Crippen molar-refractivity contribution in [3.63, 3.8) is 0 Å². The average Bonchev–Trinajstić information content (AvgIpc) is 2.29. The van der Waals surface area contributed by atoms with Gasteiger partial charge in [0.1, 0.15) is 0 Å². The molecule has 0 unspecified atom stereocenters. The zero-order chi connectivity index (χ0) is 12.7. The van der Waals surface area contributed by atoms with Crippen LogP contribution in [0.15, 0.2) is 30.3 Å². The molecule has 0 bridgehead atoms. The molecule has 94 valence electrons. The molecule has 0 aliphatic rings. The average molecular weight is 230 g/mol. The molecule has 0 N–H and O–H groups in total. The Hall–Kier alpha value is -1.04. The third kappa shape index (κ3) is 4.77. The number of hydrogen-bond donors (Lipinski definition) is 0. The van der Waals surface area contributed by atoms with Crippen molar-refractivity contribution in [3.8, 4) is 0 Å². The maximum atomic E-state index is 2.36. The SMILES string of the molecule is CCC=C(CCC)c1ccc(CC(C)C)cc1. The molecule has 1 aromatic carbocycles. The minimum Gasteiger partial charge on any atom is -0.0810 e. The standard InChI is InChI=1S/C17H26/c1-5-7-16(8-6-2)17-11-9-15(10-12-17)13-14(3)4/h7,9-12,14H,5-6,8,13H2,1-4H3. The molecular weight excluding hydrogens is 204 g/mol. The Bertz CT molecular complexity index is 341. The second-order valence-corrected chi connectivity index (χ2v) is 5.18. The van der Waals surface area contributed by atoms with Gasteiger partial charge in [0.15, 0.2) is 0 Å². The van der Waals surface area contributed by atoms with E-state index in [1.165, 1.54) is 36.0 Å². The van der Waals surface area contributed by atoms with Gasteiger partial charge in [0.05, 0.1) is 0 Å². The van der Waals surface area contributed by atoms with E-state index in [0.29, 0.717) is 0 Å². The van der Waals surface area contributed by atoms with E-state index in [4.69, 9.17) is 0 Å². The zero-order valence-electron chi connectivity index (χ0n) is 11.8. The molecule has 0 aliphatic carbocycles. The first-order valence-electron chi connectivity index (χ1n) is 6.95. The molecular formula is C17H26. The molecule has 0 atom stereocenters. The summed E-state index contributed by atoms with van der Waals surface area (Å²) in [7, 11) is 0. The maximum Gasteiger partial charge on any atom is -0.0228 e. The van der Waals surface area contributed by atoms with E-state index < -0.39 is 0 Å². The fourth-order valence-corrected chi connectivity index (χ4v) is 2.21. The lowest BCUT2D eigenvalue weighted by Crippen LogP contribution is -1.94. The molecule has 1 rings (SSSR count). The topological polar surface area (TPSA) is 0 Å². The monoisotopic (exact) mass is 230 g/mol. The van der Waals surface area contributed by atoms with Gasteiger partial charge in [0.25, 0.3) is 0 Å². The first-order valence-corrected chi connectivity index (χ1v) is 6.95. The fraction of sp³-hybridized carbons (Fsp3) is 0.529. The highest BCUT2D eigenvalue weighted by Gasteiger charge is 2.02. The zero-order valence-corrected chi connectivity index (χ0v) is 11.8. The molecule has 0 saturated heterocycles. The first kappa shape index (κ1) is 14.0. The Morgan fingerprint density at radius 3 is 2.24 bits per heavy atom. The summed E-state index contributed by atoms with van der Waals surface area (Å²) in [5.41, 5.74) is 4.36. The van der Waals surface area contributed by atoms with Crippen LogP contribution in [0.4, 0.5) is 0 Å². The second-order valence-electron chi connectivity index (χ2n) is 5.18. The molecule has 0 heteroatoms. The Morgan fingerprint density at radius 2 is 1.76 bits per heavy atom. The van der Waals surface area contributed by atoms with Crippen LogP contribution in [0.3, 0.4) is 0 Å². The Kier molecular flexibility index (Phi) is 6.04. The molecule has 1 aromatic rings. The molecule has 0 nitrogen and oxygen atoms in total. The van der Waals surface area contributed by atoms with Gasteiger partial charge in [-0.2, -0.15) is 0 Å². The molecule has 0 aromatic heterocycles. The molecule has 0 fully saturated rings. The quantitative estimate of drug-likeness (QED) is 0.607. The van der Waals surface area contributed by atoms with Crippen LogP contribution < -0.4 is 0 Å². The Balaban J connectivity index is 2.81. The minimum absolute atomic E-state index is 0.738. The predicted octanol–water partition coefficient (Wildman–Crippen LogP) is 5.48. The Morgan fingerprint density at radius 1 is 1.12 bits per heavy atom. The van der Waals surface area contributed by atoms with Crippen LogP contribution in [0.2, 0.25) is 0 Å². The lowest BCUT2D eigenvalue weighted by Gasteiger charge is -2.09. The van der Waals surface area contributed by atoms with Gasteiger partial charge in [-0.15, -0.1) is 0 Å². The summed E-state index contributed by atoms with van der Waals surface area (Å²) in [4.78, 5) is 0. The lowest BCUT2D eigenvalue weighted by atomic mass is 9.96. The summed E-state index contributed by atoms with van der Waals surface area (Å²) in [5.74, 6) is 0.738. The van der Waals surface area contributed by atoms with Crippen LogP contribution in [-0.2, 0) is 6.42 Å². The fourth-order valence-electron chi connectivity index (χ4n) is 2.21. The van der Waals surface area contributed by atoms with Crippen LogP contribution in [0, 0.1) is 5.92 Å². The minimum atomic E-state index is 0.738. The van der Waals surface area contributed by atoms with Gasteiger partial charge in [0.2, 0.25) is 0 Å². The van der Waals surface area contributed by atoms with Gasteiger partial charge in [0, 0.05) is 0 Å². The number of allylic oxidation sites excluding steroid dienone is 2. The number of benzene rings is 1. The summed E-state index contributed by atoms with van der Waals surface area (Å²) in [5, 5.41) is 0. The number of hydrogen-bond acceptors (Lipinski definition) is 0. The Labute approximate surface area is 107 Å². The van der Waals surface area contributed by atoms with Crippen molar-refractivity contribution in [1.82, 2.24) is 0 Å². The van der Waals surface area contributed by atoms with Gasteiger partial charge >= 0.3 is 0 Å². The van der Waals surface area contributed by atoms with Crippen molar-refractivity contribution in [2.45, 2.75) is 53.4 Å². The van der Waals surface area contributed by atoms with Crippen molar-refractivity contribution in [2.24, 2.45) is 5.92 Å². The van der Waals surface area contributed by atoms with Gasteiger partial charge in [-0.25, -0.2) is 0 Å². The van der Waals surface area contributed by atoms with E-state index in [-0.39, 0.29) is 0 Å². The summed E-state index contributed by atoms with van der Waals surface area (Å²) in [6.45, 7) is 9.00. The molecule has 17 heavy (non-hydrogen) atoms. The van der Waals surface area contributed by atoms with Gasteiger partial charge < -0.3 is 0 Å². The van der Waals surface area contributed by atoms with Crippen LogP contribution in [0.25, 0.3) is 5.57 Å². The molecule has 0 saturated carbocycles. The first-order chi connectivity index (χ1) is 8.17. The van der Waals surface area contributed by atoms with E-state index in [1.807, 2.05) is 0 Å². The van der Waals surface area contributed by atoms with E-state index in [0.717, 1.165) is 12.3 Å². The molecule has 0 aliphatic heterocycles. The van der Waals surface area contributed by atoms with Crippen LogP contribution in [-0.4, -0.2) is 0 Å². The maximum absolute atomic E-state index is 2.36. The summed E-state index contributed by atoms with van der Waals surface area (Å²) in [6, 6.07) is 9.15. The van der Waals surface area contributed by atoms with Crippen LogP contribution >= 0.6 is 0 Å². The molecule has 0 spiro atoms. The molecule has 0 radical (unpaired) electrons. The number of rotatable bonds is 6. The highest BCUT2D eigenvalue weighted by molar-refractivity contribution is 5.65. The van der Waals surface area contributed by atoms with Crippen molar-refractivity contribution >= 4 is 5.57 Å². The largest absolute Gasteiger partial charge is 0.0810 e. The molecule has 0 amide bonds. The van der Waals surface area contributed by atoms with E-state index in [1.54, 1.807) is 0 Å². The highest BCUT2D eigenvalue weighted by atomic mass is 14.1. The normalized spacial score (nSPS) is 12.2. The predicted molar refractivity (Wildman–Crippen MR) is 78.2 cm³/mol. The lowest BCUT2D eigenvalue weighted by molar-refractivity contribution is 0.647. The summed E-state index contributed by atoms with van der Waals surface area (Å²) < 4.78 is 0. The third-order valence-corrected chi connectivity index (χ3v) is 2.94. The summed E-state index contributed by atoms with van der Waals surface area (Å²) >= 11 is 0. The van der Waals surface area contributed by atoms with E-state index in [2.05, 4.69) is 58.0 Å². The van der Waals surface area contributed by atoms with Gasteiger partial charge in [-0.3, -0.25) is 0 Å². The smallest absolute Gasteiger partial charge is 0.0228 e.